The molecule has 0 N–H and O–H groups in total. The van der Waals surface area contributed by atoms with E-state index in [0.29, 0.717) is 0 Å². The van der Waals surface area contributed by atoms with Gasteiger partial charge in [0.25, 0.3) is 5.84 Å². The van der Waals surface area contributed by atoms with Crippen LogP contribution in [0.15, 0.2) is 54.6 Å². The molecule has 1 heterocycles. The molecule has 1 aliphatic heterocycles. The van der Waals surface area contributed by atoms with Crippen LogP contribution in [-0.4, -0.2) is 37.0 Å². The molecule has 0 aliphatic carbocycles. The van der Waals surface area contributed by atoms with Gasteiger partial charge in [0.05, 0.1) is 21.2 Å². The Morgan fingerprint density at radius 3 is 2.18 bits per heavy atom. The van der Waals surface area contributed by atoms with Crippen molar-refractivity contribution in [2.75, 3.05) is 26.1 Å². The first-order chi connectivity index (χ1) is 10.6. The highest BCUT2D eigenvalue weighted by molar-refractivity contribution is 6.37. The number of alkyl halides is 1. The second kappa shape index (κ2) is 6.01. The number of hydrogen-bond donors (Lipinski definition) is 0. The zero-order valence-corrected chi connectivity index (χ0v) is 13.8. The van der Waals surface area contributed by atoms with Gasteiger partial charge in [-0.3, -0.25) is 4.58 Å². The lowest BCUT2D eigenvalue weighted by Gasteiger charge is -2.41. The molecule has 0 bridgehead atoms. The smallest absolute Gasteiger partial charge is 0.275 e. The van der Waals surface area contributed by atoms with Crippen molar-refractivity contribution in [2.24, 2.45) is 0 Å². The first kappa shape index (κ1) is 14.9. The molecule has 3 rings (SSSR count). The van der Waals surface area contributed by atoms with Crippen LogP contribution < -0.4 is 9.64 Å². The van der Waals surface area contributed by atoms with Gasteiger partial charge in [-0.1, -0.05) is 30.3 Å². The molecular formula is C18H20ClN2O+. The third kappa shape index (κ3) is 2.46. The number of methoxy groups -OCH3 is 1. The van der Waals surface area contributed by atoms with Crippen molar-refractivity contribution in [3.8, 4) is 5.75 Å². The topological polar surface area (TPSA) is 15.5 Å². The van der Waals surface area contributed by atoms with Crippen LogP contribution in [0.5, 0.6) is 5.75 Å². The number of anilines is 1. The Morgan fingerprint density at radius 2 is 1.64 bits per heavy atom. The van der Waals surface area contributed by atoms with E-state index in [9.17, 15) is 0 Å². The molecule has 0 saturated carbocycles. The summed E-state index contributed by atoms with van der Waals surface area (Å²) in [6, 6.07) is 18.6. The van der Waals surface area contributed by atoms with Crippen LogP contribution in [0.3, 0.4) is 0 Å². The van der Waals surface area contributed by atoms with Crippen LogP contribution in [0.1, 0.15) is 11.6 Å². The Labute approximate surface area is 136 Å². The van der Waals surface area contributed by atoms with Gasteiger partial charge in [-0.15, -0.1) is 11.6 Å². The van der Waals surface area contributed by atoms with Gasteiger partial charge in [-0.2, -0.15) is 0 Å². The van der Waals surface area contributed by atoms with E-state index in [-0.39, 0.29) is 11.4 Å². The van der Waals surface area contributed by atoms with E-state index in [2.05, 4.69) is 45.9 Å². The predicted octanol–water partition coefficient (Wildman–Crippen LogP) is 3.53. The molecule has 0 amide bonds. The number of nitrogens with zero attached hydrogens (tertiary/aromatic N) is 2. The highest BCUT2D eigenvalue weighted by Crippen LogP contribution is 2.42. The van der Waals surface area contributed by atoms with Crippen LogP contribution in [0, 0.1) is 0 Å². The second-order valence-corrected chi connectivity index (χ2v) is 6.05. The Kier molecular flexibility index (Phi) is 4.08. The molecule has 1 fully saturated rings. The van der Waals surface area contributed by atoms with E-state index >= 15 is 0 Å². The van der Waals surface area contributed by atoms with Crippen molar-refractivity contribution < 1.29 is 9.31 Å². The van der Waals surface area contributed by atoms with Gasteiger partial charge >= 0.3 is 0 Å². The van der Waals surface area contributed by atoms with Crippen LogP contribution in [-0.2, 0) is 0 Å². The van der Waals surface area contributed by atoms with E-state index < -0.39 is 0 Å². The van der Waals surface area contributed by atoms with Crippen LogP contribution >= 0.6 is 11.6 Å². The molecule has 2 aromatic rings. The molecular weight excluding hydrogens is 296 g/mol. The van der Waals surface area contributed by atoms with Crippen molar-refractivity contribution in [3.05, 3.63) is 60.2 Å². The zero-order chi connectivity index (χ0) is 15.7. The molecule has 4 heteroatoms. The SMILES string of the molecule is COc1ccc(N2C(=[N+](C)C)[C@@H](Cl)[C@H]2c2ccccc2)cc1. The number of rotatable bonds is 3. The average Bonchev–Trinajstić information content (AvgIpc) is 2.53. The summed E-state index contributed by atoms with van der Waals surface area (Å²) in [4.78, 5) is 2.28. The van der Waals surface area contributed by atoms with Crippen LogP contribution in [0.4, 0.5) is 5.69 Å². The van der Waals surface area contributed by atoms with Gasteiger partial charge in [0, 0.05) is 0 Å². The van der Waals surface area contributed by atoms with Gasteiger partial charge in [-0.25, -0.2) is 4.90 Å². The first-order valence-electron chi connectivity index (χ1n) is 7.30. The van der Waals surface area contributed by atoms with E-state index in [1.165, 1.54) is 5.56 Å². The maximum absolute atomic E-state index is 6.67. The molecule has 0 spiro atoms. The highest BCUT2D eigenvalue weighted by atomic mass is 35.5. The van der Waals surface area contributed by atoms with Crippen molar-refractivity contribution in [1.29, 1.82) is 0 Å². The fourth-order valence-electron chi connectivity index (χ4n) is 2.93. The van der Waals surface area contributed by atoms with Crippen LogP contribution in [0.2, 0.25) is 0 Å². The van der Waals surface area contributed by atoms with E-state index in [1.54, 1.807) is 7.11 Å². The number of amidine groups is 1. The zero-order valence-electron chi connectivity index (χ0n) is 13.0. The summed E-state index contributed by atoms with van der Waals surface area (Å²) in [6.07, 6.45) is 0. The minimum atomic E-state index is -0.0282. The monoisotopic (exact) mass is 315 g/mol. The minimum Gasteiger partial charge on any atom is -0.497 e. The summed E-state index contributed by atoms with van der Waals surface area (Å²) in [6.45, 7) is 0. The molecule has 114 valence electrons. The first-order valence-corrected chi connectivity index (χ1v) is 7.73. The molecule has 1 saturated heterocycles. The molecule has 3 nitrogen and oxygen atoms in total. The van der Waals surface area contributed by atoms with Gasteiger partial charge < -0.3 is 4.74 Å². The lowest BCUT2D eigenvalue weighted by molar-refractivity contribution is -0.468. The summed E-state index contributed by atoms with van der Waals surface area (Å²) < 4.78 is 7.33. The summed E-state index contributed by atoms with van der Waals surface area (Å²) in [7, 11) is 5.74. The summed E-state index contributed by atoms with van der Waals surface area (Å²) in [5.41, 5.74) is 2.35. The molecule has 1 aliphatic rings. The Balaban J connectivity index is 2.01. The van der Waals surface area contributed by atoms with Crippen molar-refractivity contribution in [3.63, 3.8) is 0 Å². The third-order valence-electron chi connectivity index (χ3n) is 4.00. The lowest BCUT2D eigenvalue weighted by atomic mass is 9.91. The summed E-state index contributed by atoms with van der Waals surface area (Å²) >= 11 is 6.67. The normalized spacial score (nSPS) is 20.5. The number of hydrogen-bond acceptors (Lipinski definition) is 1. The summed E-state index contributed by atoms with van der Waals surface area (Å²) in [5.74, 6) is 1.97. The molecule has 0 radical (unpaired) electrons. The molecule has 22 heavy (non-hydrogen) atoms. The average molecular weight is 316 g/mol. The van der Waals surface area contributed by atoms with Crippen LogP contribution in [0.25, 0.3) is 0 Å². The quantitative estimate of drug-likeness (QED) is 0.636. The maximum atomic E-state index is 6.67. The Morgan fingerprint density at radius 1 is 1.00 bits per heavy atom. The molecule has 2 atom stereocenters. The third-order valence-corrected chi connectivity index (χ3v) is 4.43. The fraction of sp³-hybridized carbons (Fsp3) is 0.278. The minimum absolute atomic E-state index is 0.0282. The number of ether oxygens (including phenoxy) is 1. The van der Waals surface area contributed by atoms with Gasteiger partial charge in [0.2, 0.25) is 0 Å². The Bertz CT molecular complexity index is 678. The number of benzene rings is 2. The van der Waals surface area contributed by atoms with Crippen molar-refractivity contribution in [1.82, 2.24) is 0 Å². The van der Waals surface area contributed by atoms with E-state index in [4.69, 9.17) is 16.3 Å². The Hall–Kier alpha value is -2.00. The fourth-order valence-corrected chi connectivity index (χ4v) is 3.49. The van der Waals surface area contributed by atoms with Gasteiger partial charge in [0.15, 0.2) is 11.4 Å². The highest BCUT2D eigenvalue weighted by Gasteiger charge is 2.54. The molecule has 2 aromatic carbocycles. The number of halogens is 1. The van der Waals surface area contributed by atoms with Crippen molar-refractivity contribution >= 4 is 23.1 Å². The predicted molar refractivity (Wildman–Crippen MR) is 91.4 cm³/mol. The molecule has 0 aromatic heterocycles. The van der Waals surface area contributed by atoms with E-state index in [0.717, 1.165) is 17.3 Å². The summed E-state index contributed by atoms with van der Waals surface area (Å²) in [5, 5.41) is -0.0282. The van der Waals surface area contributed by atoms with Crippen molar-refractivity contribution in [2.45, 2.75) is 11.4 Å². The maximum Gasteiger partial charge on any atom is 0.275 e. The van der Waals surface area contributed by atoms with Gasteiger partial charge in [0.1, 0.15) is 11.4 Å². The second-order valence-electron chi connectivity index (χ2n) is 5.58. The van der Waals surface area contributed by atoms with E-state index in [1.807, 2.05) is 32.3 Å². The standard InChI is InChI=1S/C18H20ClN2O/c1-20(2)18-16(19)17(13-7-5-4-6-8-13)21(18)14-9-11-15(22-3)12-10-14/h4-12,16-17H,1-3H3/q+1/t16-,17+/m0/s1. The molecule has 0 unspecified atom stereocenters. The van der Waals surface area contributed by atoms with Gasteiger partial charge in [-0.05, 0) is 29.8 Å². The largest absolute Gasteiger partial charge is 0.497 e. The lowest BCUT2D eigenvalue weighted by Crippen LogP contribution is -2.59.